The molecule has 4 N–H and O–H groups in total. The topological polar surface area (TPSA) is 129 Å². The number of ether oxygens (including phenoxy) is 1. The number of fused-ring (bicyclic) bond motifs is 1. The van der Waals surface area contributed by atoms with Gasteiger partial charge in [0.25, 0.3) is 11.8 Å². The van der Waals surface area contributed by atoms with Crippen molar-refractivity contribution in [3.63, 3.8) is 0 Å². The molecule has 3 aromatic rings. The molecule has 2 heterocycles. The Morgan fingerprint density at radius 1 is 1.06 bits per heavy atom. The molecule has 0 radical (unpaired) electrons. The Morgan fingerprint density at radius 2 is 1.84 bits per heavy atom. The molecule has 10 heteroatoms. The fourth-order valence-corrected chi connectivity index (χ4v) is 3.68. The second-order valence-corrected chi connectivity index (χ2v) is 8.30. The zero-order chi connectivity index (χ0) is 23.1. The van der Waals surface area contributed by atoms with Gasteiger partial charge in [-0.3, -0.25) is 14.9 Å². The number of hydrogen-bond donors (Lipinski definition) is 4. The molecule has 0 saturated heterocycles. The number of hydrogen-bond acceptors (Lipinski definition) is 6. The van der Waals surface area contributed by atoms with E-state index in [4.69, 9.17) is 4.74 Å². The van der Waals surface area contributed by atoms with E-state index < -0.39 is 36.5 Å². The van der Waals surface area contributed by atoms with Gasteiger partial charge >= 0.3 is 12.0 Å². The quantitative estimate of drug-likeness (QED) is 0.387. The van der Waals surface area contributed by atoms with Crippen molar-refractivity contribution in [2.75, 3.05) is 6.61 Å². The van der Waals surface area contributed by atoms with Gasteiger partial charge in [-0.2, -0.15) is 0 Å². The summed E-state index contributed by atoms with van der Waals surface area (Å²) in [5.74, 6) is -1.96. The molecule has 0 saturated carbocycles. The number of amides is 4. The van der Waals surface area contributed by atoms with Crippen LogP contribution in [0.1, 0.15) is 29.1 Å². The SMILES string of the molecule is CC(C)NC(=O)NC(=O)COC(=O)C(Cc1c[nH]c2ccccc12)NC(=O)c1cccs1. The molecule has 0 aliphatic carbocycles. The van der Waals surface area contributed by atoms with Crippen molar-refractivity contribution in [2.24, 2.45) is 0 Å². The molecule has 3 rings (SSSR count). The van der Waals surface area contributed by atoms with Crippen LogP contribution in [0.25, 0.3) is 10.9 Å². The molecule has 0 bridgehead atoms. The highest BCUT2D eigenvalue weighted by molar-refractivity contribution is 7.12. The maximum Gasteiger partial charge on any atom is 0.329 e. The number of benzene rings is 1. The number of aromatic amines is 1. The maximum absolute atomic E-state index is 12.8. The maximum atomic E-state index is 12.8. The van der Waals surface area contributed by atoms with Gasteiger partial charge in [-0.1, -0.05) is 24.3 Å². The minimum atomic E-state index is -1.03. The second-order valence-electron chi connectivity index (χ2n) is 7.35. The van der Waals surface area contributed by atoms with Gasteiger partial charge in [0, 0.05) is 29.6 Å². The number of carbonyl (C=O) groups is 4. The first-order chi connectivity index (χ1) is 15.3. The average molecular weight is 457 g/mol. The van der Waals surface area contributed by atoms with Gasteiger partial charge in [0.2, 0.25) is 0 Å². The fourth-order valence-electron chi connectivity index (χ4n) is 3.05. The van der Waals surface area contributed by atoms with E-state index in [1.54, 1.807) is 37.6 Å². The first-order valence-corrected chi connectivity index (χ1v) is 10.9. The van der Waals surface area contributed by atoms with E-state index in [1.807, 2.05) is 24.3 Å². The number of imide groups is 1. The molecule has 0 spiro atoms. The van der Waals surface area contributed by atoms with Crippen molar-refractivity contribution >= 4 is 46.1 Å². The lowest BCUT2D eigenvalue weighted by atomic mass is 10.0. The predicted octanol–water partition coefficient (Wildman–Crippen LogP) is 2.35. The van der Waals surface area contributed by atoms with Crippen molar-refractivity contribution in [1.29, 1.82) is 0 Å². The number of para-hydroxylation sites is 1. The molecule has 9 nitrogen and oxygen atoms in total. The Bertz CT molecular complexity index is 1110. The van der Waals surface area contributed by atoms with Gasteiger partial charge in [-0.15, -0.1) is 11.3 Å². The Labute approximate surface area is 188 Å². The Kier molecular flexibility index (Phi) is 7.61. The highest BCUT2D eigenvalue weighted by atomic mass is 32.1. The van der Waals surface area contributed by atoms with E-state index in [0.29, 0.717) is 4.88 Å². The van der Waals surface area contributed by atoms with Crippen LogP contribution >= 0.6 is 11.3 Å². The van der Waals surface area contributed by atoms with Gasteiger partial charge in [0.15, 0.2) is 6.61 Å². The Balaban J connectivity index is 1.68. The minimum Gasteiger partial charge on any atom is -0.454 e. The summed E-state index contributed by atoms with van der Waals surface area (Å²) < 4.78 is 5.10. The molecule has 0 aliphatic rings. The number of H-pyrrole nitrogens is 1. The van der Waals surface area contributed by atoms with E-state index in [-0.39, 0.29) is 12.5 Å². The third-order valence-electron chi connectivity index (χ3n) is 4.45. The van der Waals surface area contributed by atoms with Crippen LogP contribution in [0.4, 0.5) is 4.79 Å². The number of nitrogens with one attached hydrogen (secondary N) is 4. The first kappa shape index (κ1) is 23.0. The van der Waals surface area contributed by atoms with Crippen molar-refractivity contribution in [3.05, 3.63) is 58.4 Å². The lowest BCUT2D eigenvalue weighted by Gasteiger charge is -2.17. The second kappa shape index (κ2) is 10.6. The smallest absolute Gasteiger partial charge is 0.329 e. The average Bonchev–Trinajstić information content (AvgIpc) is 3.41. The molecular weight excluding hydrogens is 432 g/mol. The summed E-state index contributed by atoms with van der Waals surface area (Å²) in [4.78, 5) is 52.4. The normalized spacial score (nSPS) is 11.7. The number of urea groups is 1. The third kappa shape index (κ3) is 6.17. The first-order valence-electron chi connectivity index (χ1n) is 10.00. The molecule has 168 valence electrons. The standard InChI is InChI=1S/C22H24N4O5S/c1-13(2)24-22(30)26-19(27)12-31-21(29)17(25-20(28)18-8-5-9-32-18)10-14-11-23-16-7-4-3-6-15(14)16/h3-9,11,13,17,23H,10,12H2,1-2H3,(H,25,28)(H2,24,26,27,30). The monoisotopic (exact) mass is 456 g/mol. The van der Waals surface area contributed by atoms with Crippen molar-refractivity contribution < 1.29 is 23.9 Å². The molecule has 0 aliphatic heterocycles. The number of thiophene rings is 1. The van der Waals surface area contributed by atoms with Gasteiger partial charge in [-0.25, -0.2) is 9.59 Å². The number of aromatic nitrogens is 1. The highest BCUT2D eigenvalue weighted by Gasteiger charge is 2.26. The summed E-state index contributed by atoms with van der Waals surface area (Å²) >= 11 is 1.25. The number of rotatable bonds is 8. The van der Waals surface area contributed by atoms with E-state index in [0.717, 1.165) is 16.5 Å². The van der Waals surface area contributed by atoms with E-state index >= 15 is 0 Å². The Hall–Kier alpha value is -3.66. The molecule has 1 atom stereocenters. The fraction of sp³-hybridized carbons (Fsp3) is 0.273. The van der Waals surface area contributed by atoms with Crippen LogP contribution in [-0.2, 0) is 20.7 Å². The van der Waals surface area contributed by atoms with Gasteiger partial charge in [-0.05, 0) is 36.9 Å². The molecule has 4 amide bonds. The van der Waals surface area contributed by atoms with Gasteiger partial charge in [0.1, 0.15) is 6.04 Å². The number of carbonyl (C=O) groups excluding carboxylic acids is 4. The zero-order valence-electron chi connectivity index (χ0n) is 17.6. The summed E-state index contributed by atoms with van der Waals surface area (Å²) in [7, 11) is 0. The molecule has 0 fully saturated rings. The largest absolute Gasteiger partial charge is 0.454 e. The highest BCUT2D eigenvalue weighted by Crippen LogP contribution is 2.20. The summed E-state index contributed by atoms with van der Waals surface area (Å²) in [6, 6.07) is 9.11. The Morgan fingerprint density at radius 3 is 2.56 bits per heavy atom. The van der Waals surface area contributed by atoms with Crippen LogP contribution in [0, 0.1) is 0 Å². The van der Waals surface area contributed by atoms with Crippen LogP contribution in [0.3, 0.4) is 0 Å². The number of esters is 1. The van der Waals surface area contributed by atoms with Crippen molar-refractivity contribution in [3.8, 4) is 0 Å². The molecule has 1 aromatic carbocycles. The van der Waals surface area contributed by atoms with Crippen molar-refractivity contribution in [1.82, 2.24) is 20.9 Å². The van der Waals surface area contributed by atoms with Crippen LogP contribution in [0.2, 0.25) is 0 Å². The van der Waals surface area contributed by atoms with E-state index in [2.05, 4.69) is 20.9 Å². The molecule has 32 heavy (non-hydrogen) atoms. The third-order valence-corrected chi connectivity index (χ3v) is 5.32. The zero-order valence-corrected chi connectivity index (χ0v) is 18.5. The molecule has 2 aromatic heterocycles. The molecular formula is C22H24N4O5S. The summed E-state index contributed by atoms with van der Waals surface area (Å²) in [5, 5.41) is 9.94. The van der Waals surface area contributed by atoms with E-state index in [1.165, 1.54) is 11.3 Å². The van der Waals surface area contributed by atoms with Crippen molar-refractivity contribution in [2.45, 2.75) is 32.4 Å². The van der Waals surface area contributed by atoms with Crippen LogP contribution < -0.4 is 16.0 Å². The summed E-state index contributed by atoms with van der Waals surface area (Å²) in [6.45, 7) is 2.84. The summed E-state index contributed by atoms with van der Waals surface area (Å²) in [5.41, 5.74) is 1.71. The van der Waals surface area contributed by atoms with Gasteiger partial charge in [0.05, 0.1) is 4.88 Å². The summed E-state index contributed by atoms with van der Waals surface area (Å²) in [6.07, 6.45) is 1.93. The molecule has 1 unspecified atom stereocenters. The van der Waals surface area contributed by atoms with Gasteiger partial charge < -0.3 is 20.4 Å². The van der Waals surface area contributed by atoms with Crippen LogP contribution in [-0.4, -0.2) is 47.5 Å². The lowest BCUT2D eigenvalue weighted by Crippen LogP contribution is -2.46. The predicted molar refractivity (Wildman–Crippen MR) is 120 cm³/mol. The van der Waals surface area contributed by atoms with Crippen LogP contribution in [0.15, 0.2) is 48.0 Å². The van der Waals surface area contributed by atoms with Crippen LogP contribution in [0.5, 0.6) is 0 Å². The minimum absolute atomic E-state index is 0.154. The van der Waals surface area contributed by atoms with E-state index in [9.17, 15) is 19.2 Å². The lowest BCUT2D eigenvalue weighted by molar-refractivity contribution is -0.150.